The Labute approximate surface area is 139 Å². The molecule has 0 spiro atoms. The van der Waals surface area contributed by atoms with Gasteiger partial charge in [0.2, 0.25) is 0 Å². The predicted molar refractivity (Wildman–Crippen MR) is 92.6 cm³/mol. The summed E-state index contributed by atoms with van der Waals surface area (Å²) < 4.78 is 0. The molecule has 2 aromatic heterocycles. The van der Waals surface area contributed by atoms with E-state index >= 15 is 0 Å². The van der Waals surface area contributed by atoms with Crippen molar-refractivity contribution in [2.24, 2.45) is 0 Å². The number of aromatic nitrogens is 3. The SMILES string of the molecule is CNc1c(Cl)ncnc1N1CCN(c2nc(C)c(C)s2)CC1. The Bertz CT molecular complexity index is 646. The summed E-state index contributed by atoms with van der Waals surface area (Å²) in [6, 6.07) is 0. The summed E-state index contributed by atoms with van der Waals surface area (Å²) in [5.41, 5.74) is 1.92. The second kappa shape index (κ2) is 6.26. The Balaban J connectivity index is 1.73. The summed E-state index contributed by atoms with van der Waals surface area (Å²) >= 11 is 7.90. The van der Waals surface area contributed by atoms with Crippen LogP contribution in [0.5, 0.6) is 0 Å². The van der Waals surface area contributed by atoms with Crippen molar-refractivity contribution >= 4 is 39.6 Å². The molecule has 0 unspecified atom stereocenters. The number of hydrogen-bond acceptors (Lipinski definition) is 7. The Morgan fingerprint density at radius 2 is 1.82 bits per heavy atom. The highest BCUT2D eigenvalue weighted by molar-refractivity contribution is 7.15. The smallest absolute Gasteiger partial charge is 0.185 e. The lowest BCUT2D eigenvalue weighted by Gasteiger charge is -2.35. The molecule has 1 aliphatic heterocycles. The van der Waals surface area contributed by atoms with E-state index in [-0.39, 0.29) is 0 Å². The maximum atomic E-state index is 6.13. The first-order chi connectivity index (χ1) is 10.6. The van der Waals surface area contributed by atoms with Crippen molar-refractivity contribution in [3.63, 3.8) is 0 Å². The molecule has 6 nitrogen and oxygen atoms in total. The Morgan fingerprint density at radius 1 is 1.14 bits per heavy atom. The Hall–Kier alpha value is -1.60. The molecule has 8 heteroatoms. The molecule has 0 amide bonds. The van der Waals surface area contributed by atoms with Gasteiger partial charge < -0.3 is 15.1 Å². The zero-order valence-corrected chi connectivity index (χ0v) is 14.5. The fourth-order valence-corrected chi connectivity index (χ4v) is 3.70. The van der Waals surface area contributed by atoms with Gasteiger partial charge in [0.05, 0.1) is 5.69 Å². The maximum absolute atomic E-state index is 6.13. The van der Waals surface area contributed by atoms with E-state index in [2.05, 4.69) is 43.9 Å². The van der Waals surface area contributed by atoms with Crippen molar-refractivity contribution in [3.8, 4) is 0 Å². The first kappa shape index (κ1) is 15.3. The van der Waals surface area contributed by atoms with Crippen LogP contribution in [0.2, 0.25) is 5.15 Å². The molecule has 3 heterocycles. The van der Waals surface area contributed by atoms with Gasteiger partial charge in [-0.15, -0.1) is 11.3 Å². The highest BCUT2D eigenvalue weighted by Gasteiger charge is 2.23. The van der Waals surface area contributed by atoms with Gasteiger partial charge in [-0.1, -0.05) is 11.6 Å². The fourth-order valence-electron chi connectivity index (χ4n) is 2.51. The van der Waals surface area contributed by atoms with Crippen molar-refractivity contribution in [2.75, 3.05) is 48.3 Å². The van der Waals surface area contributed by atoms with Crippen LogP contribution in [0.25, 0.3) is 0 Å². The number of piperazine rings is 1. The number of anilines is 3. The van der Waals surface area contributed by atoms with Crippen molar-refractivity contribution in [1.82, 2.24) is 15.0 Å². The van der Waals surface area contributed by atoms with Gasteiger partial charge in [0, 0.05) is 38.1 Å². The van der Waals surface area contributed by atoms with Crippen LogP contribution in [0.3, 0.4) is 0 Å². The van der Waals surface area contributed by atoms with Crippen LogP contribution in [0, 0.1) is 13.8 Å². The molecular weight excluding hydrogens is 320 g/mol. The molecule has 0 atom stereocenters. The number of thiazole rings is 1. The molecule has 2 aromatic rings. The molecule has 1 N–H and O–H groups in total. The van der Waals surface area contributed by atoms with E-state index in [0.717, 1.165) is 48.5 Å². The number of aryl methyl sites for hydroxylation is 2. The van der Waals surface area contributed by atoms with Gasteiger partial charge in [0.1, 0.15) is 12.0 Å². The highest BCUT2D eigenvalue weighted by atomic mass is 35.5. The van der Waals surface area contributed by atoms with E-state index in [0.29, 0.717) is 5.15 Å². The van der Waals surface area contributed by atoms with Crippen LogP contribution in [0.15, 0.2) is 6.33 Å². The zero-order chi connectivity index (χ0) is 15.7. The minimum Gasteiger partial charge on any atom is -0.383 e. The van der Waals surface area contributed by atoms with Gasteiger partial charge in [0.25, 0.3) is 0 Å². The molecule has 0 aromatic carbocycles. The third-order valence-corrected chi connectivity index (χ3v) is 5.32. The van der Waals surface area contributed by atoms with E-state index in [1.165, 1.54) is 11.2 Å². The van der Waals surface area contributed by atoms with E-state index < -0.39 is 0 Å². The van der Waals surface area contributed by atoms with Crippen molar-refractivity contribution in [2.45, 2.75) is 13.8 Å². The van der Waals surface area contributed by atoms with Crippen LogP contribution >= 0.6 is 22.9 Å². The minimum absolute atomic E-state index is 0.459. The number of rotatable bonds is 3. The third-order valence-electron chi connectivity index (χ3n) is 3.90. The second-order valence-corrected chi connectivity index (χ2v) is 6.76. The van der Waals surface area contributed by atoms with Gasteiger partial charge in [-0.05, 0) is 13.8 Å². The zero-order valence-electron chi connectivity index (χ0n) is 12.9. The van der Waals surface area contributed by atoms with Crippen LogP contribution < -0.4 is 15.1 Å². The molecule has 1 saturated heterocycles. The van der Waals surface area contributed by atoms with Gasteiger partial charge in [-0.2, -0.15) is 0 Å². The number of nitrogens with zero attached hydrogens (tertiary/aromatic N) is 5. The van der Waals surface area contributed by atoms with Gasteiger partial charge in [-0.25, -0.2) is 15.0 Å². The molecule has 118 valence electrons. The lowest BCUT2D eigenvalue weighted by atomic mass is 10.3. The Morgan fingerprint density at radius 3 is 2.41 bits per heavy atom. The topological polar surface area (TPSA) is 57.2 Å². The molecule has 0 saturated carbocycles. The van der Waals surface area contributed by atoms with E-state index in [9.17, 15) is 0 Å². The molecular formula is C14H19ClN6S. The van der Waals surface area contributed by atoms with Crippen LogP contribution in [0.4, 0.5) is 16.6 Å². The predicted octanol–water partition coefficient (Wildman–Crippen LogP) is 2.57. The average Bonchev–Trinajstić information content (AvgIpc) is 2.87. The highest BCUT2D eigenvalue weighted by Crippen LogP contribution is 2.31. The lowest BCUT2D eigenvalue weighted by molar-refractivity contribution is 0.645. The van der Waals surface area contributed by atoms with Crippen LogP contribution in [0.1, 0.15) is 10.6 Å². The van der Waals surface area contributed by atoms with E-state index in [1.807, 2.05) is 7.05 Å². The molecule has 1 fully saturated rings. The molecule has 0 aliphatic carbocycles. The van der Waals surface area contributed by atoms with Gasteiger partial charge in [-0.3, -0.25) is 0 Å². The van der Waals surface area contributed by atoms with Crippen LogP contribution in [-0.2, 0) is 0 Å². The molecule has 0 radical (unpaired) electrons. The number of halogens is 1. The monoisotopic (exact) mass is 338 g/mol. The summed E-state index contributed by atoms with van der Waals surface area (Å²) in [5.74, 6) is 0.869. The van der Waals surface area contributed by atoms with E-state index in [4.69, 9.17) is 11.6 Å². The summed E-state index contributed by atoms with van der Waals surface area (Å²) in [6.45, 7) is 7.82. The maximum Gasteiger partial charge on any atom is 0.185 e. The van der Waals surface area contributed by atoms with E-state index in [1.54, 1.807) is 11.3 Å². The molecule has 0 bridgehead atoms. The van der Waals surface area contributed by atoms with Crippen molar-refractivity contribution < 1.29 is 0 Å². The third kappa shape index (κ3) is 2.83. The number of nitrogens with one attached hydrogen (secondary N) is 1. The average molecular weight is 339 g/mol. The summed E-state index contributed by atoms with van der Waals surface area (Å²) in [6.07, 6.45) is 1.51. The largest absolute Gasteiger partial charge is 0.383 e. The summed E-state index contributed by atoms with van der Waals surface area (Å²) in [7, 11) is 1.84. The van der Waals surface area contributed by atoms with Gasteiger partial charge >= 0.3 is 0 Å². The molecule has 1 aliphatic rings. The molecule has 22 heavy (non-hydrogen) atoms. The number of hydrogen-bond donors (Lipinski definition) is 1. The summed E-state index contributed by atoms with van der Waals surface area (Å²) in [4.78, 5) is 18.9. The fraction of sp³-hybridized carbons (Fsp3) is 0.500. The van der Waals surface area contributed by atoms with Gasteiger partial charge in [0.15, 0.2) is 16.1 Å². The van der Waals surface area contributed by atoms with Crippen LogP contribution in [-0.4, -0.2) is 48.2 Å². The normalized spacial score (nSPS) is 15.3. The Kier molecular flexibility index (Phi) is 4.35. The summed E-state index contributed by atoms with van der Waals surface area (Å²) in [5, 5.41) is 4.67. The lowest BCUT2D eigenvalue weighted by Crippen LogP contribution is -2.47. The molecule has 3 rings (SSSR count). The van der Waals surface area contributed by atoms with Crippen molar-refractivity contribution in [3.05, 3.63) is 22.1 Å². The van der Waals surface area contributed by atoms with Crippen molar-refractivity contribution in [1.29, 1.82) is 0 Å². The second-order valence-electron chi connectivity index (χ2n) is 5.23. The first-order valence-corrected chi connectivity index (χ1v) is 8.41. The quantitative estimate of drug-likeness (QED) is 0.868. The first-order valence-electron chi connectivity index (χ1n) is 7.22. The minimum atomic E-state index is 0.459. The standard InChI is InChI=1S/C14H19ClN6S/c1-9-10(2)22-14(19-9)21-6-4-20(5-7-21)13-11(16-3)12(15)17-8-18-13/h8,16H,4-7H2,1-3H3.